The minimum absolute atomic E-state index is 0.0224. The molecule has 140 valence electrons. The summed E-state index contributed by atoms with van der Waals surface area (Å²) >= 11 is 0. The highest BCUT2D eigenvalue weighted by molar-refractivity contribution is 7.93. The lowest BCUT2D eigenvalue weighted by atomic mass is 10.0. The lowest BCUT2D eigenvalue weighted by Crippen LogP contribution is -2.48. The molecule has 1 aliphatic rings. The number of rotatable bonds is 9. The number of nitrogens with one attached hydrogen (secondary N) is 1. The van der Waals surface area contributed by atoms with Gasteiger partial charge in [0.1, 0.15) is 5.25 Å². The van der Waals surface area contributed by atoms with Crippen molar-refractivity contribution in [3.05, 3.63) is 0 Å². The van der Waals surface area contributed by atoms with Crippen LogP contribution in [0.25, 0.3) is 0 Å². The SMILES string of the molecule is CCCC(CNC(=O)C(C(C)C)S(=O)(=O)C1CCCCC1)C(=O)O. The molecule has 0 aromatic carbocycles. The highest BCUT2D eigenvalue weighted by Crippen LogP contribution is 2.29. The third-order valence-electron chi connectivity index (χ3n) is 4.74. The van der Waals surface area contributed by atoms with Crippen molar-refractivity contribution in [1.82, 2.24) is 5.32 Å². The normalized spacial score (nSPS) is 19.0. The molecule has 0 aromatic rings. The first-order chi connectivity index (χ1) is 11.2. The summed E-state index contributed by atoms with van der Waals surface area (Å²) < 4.78 is 25.8. The van der Waals surface area contributed by atoms with Crippen LogP contribution in [-0.2, 0) is 19.4 Å². The molecule has 7 heteroatoms. The van der Waals surface area contributed by atoms with E-state index in [-0.39, 0.29) is 12.5 Å². The Labute approximate surface area is 145 Å². The van der Waals surface area contributed by atoms with Crippen LogP contribution in [0, 0.1) is 11.8 Å². The highest BCUT2D eigenvalue weighted by atomic mass is 32.2. The number of hydrogen-bond donors (Lipinski definition) is 2. The zero-order chi connectivity index (χ0) is 18.3. The van der Waals surface area contributed by atoms with Crippen LogP contribution in [0.1, 0.15) is 65.7 Å². The number of carboxylic acids is 1. The Morgan fingerprint density at radius 3 is 2.21 bits per heavy atom. The Morgan fingerprint density at radius 2 is 1.75 bits per heavy atom. The van der Waals surface area contributed by atoms with Crippen molar-refractivity contribution >= 4 is 21.7 Å². The Hall–Kier alpha value is -1.11. The van der Waals surface area contributed by atoms with Gasteiger partial charge >= 0.3 is 5.97 Å². The molecule has 0 aromatic heterocycles. The minimum Gasteiger partial charge on any atom is -0.481 e. The van der Waals surface area contributed by atoms with E-state index < -0.39 is 38.1 Å². The van der Waals surface area contributed by atoms with E-state index in [9.17, 15) is 18.0 Å². The Kier molecular flexibility index (Phi) is 8.19. The number of carbonyl (C=O) groups is 2. The summed E-state index contributed by atoms with van der Waals surface area (Å²) in [4.78, 5) is 23.7. The summed E-state index contributed by atoms with van der Waals surface area (Å²) in [5.74, 6) is -2.54. The summed E-state index contributed by atoms with van der Waals surface area (Å²) in [7, 11) is -3.56. The van der Waals surface area contributed by atoms with Crippen LogP contribution in [0.5, 0.6) is 0 Å². The molecule has 1 amide bonds. The first-order valence-electron chi connectivity index (χ1n) is 8.95. The zero-order valence-corrected chi connectivity index (χ0v) is 15.8. The molecule has 1 aliphatic carbocycles. The van der Waals surface area contributed by atoms with Gasteiger partial charge in [-0.1, -0.05) is 46.5 Å². The molecule has 1 rings (SSSR count). The quantitative estimate of drug-likeness (QED) is 0.657. The molecule has 0 bridgehead atoms. The van der Waals surface area contributed by atoms with Crippen molar-refractivity contribution in [2.24, 2.45) is 11.8 Å². The molecular formula is C17H31NO5S. The molecule has 2 N–H and O–H groups in total. The maximum atomic E-state index is 12.9. The maximum Gasteiger partial charge on any atom is 0.308 e. The van der Waals surface area contributed by atoms with E-state index >= 15 is 0 Å². The topological polar surface area (TPSA) is 101 Å². The van der Waals surface area contributed by atoms with E-state index in [1.54, 1.807) is 13.8 Å². The minimum atomic E-state index is -3.56. The predicted octanol–water partition coefficient (Wildman–Crippen LogP) is 2.38. The second-order valence-electron chi connectivity index (χ2n) is 7.08. The van der Waals surface area contributed by atoms with Crippen molar-refractivity contribution in [2.45, 2.75) is 76.2 Å². The number of aliphatic carboxylic acids is 1. The van der Waals surface area contributed by atoms with Crippen LogP contribution in [0.4, 0.5) is 0 Å². The van der Waals surface area contributed by atoms with Crippen LogP contribution in [0.2, 0.25) is 0 Å². The van der Waals surface area contributed by atoms with Gasteiger partial charge in [-0.2, -0.15) is 0 Å². The third kappa shape index (κ3) is 5.46. The number of amides is 1. The molecular weight excluding hydrogens is 330 g/mol. The number of hydrogen-bond acceptors (Lipinski definition) is 4. The highest BCUT2D eigenvalue weighted by Gasteiger charge is 2.41. The summed E-state index contributed by atoms with van der Waals surface area (Å²) in [5, 5.41) is 10.2. The van der Waals surface area contributed by atoms with Gasteiger partial charge in [0, 0.05) is 6.54 Å². The number of carbonyl (C=O) groups excluding carboxylic acids is 1. The van der Waals surface area contributed by atoms with Gasteiger partial charge in [0.05, 0.1) is 11.2 Å². The molecule has 1 fully saturated rings. The second-order valence-corrected chi connectivity index (χ2v) is 9.44. The average molecular weight is 362 g/mol. The van der Waals surface area contributed by atoms with Gasteiger partial charge in [-0.25, -0.2) is 8.42 Å². The smallest absolute Gasteiger partial charge is 0.308 e. The van der Waals surface area contributed by atoms with E-state index in [2.05, 4.69) is 5.32 Å². The van der Waals surface area contributed by atoms with Gasteiger partial charge in [0.25, 0.3) is 0 Å². The van der Waals surface area contributed by atoms with Crippen molar-refractivity contribution < 1.29 is 23.1 Å². The molecule has 1 saturated carbocycles. The Balaban J connectivity index is 2.83. The second kappa shape index (κ2) is 9.39. The molecule has 0 spiro atoms. The molecule has 0 heterocycles. The fourth-order valence-corrected chi connectivity index (χ4v) is 5.96. The van der Waals surface area contributed by atoms with Crippen molar-refractivity contribution in [3.8, 4) is 0 Å². The first kappa shape index (κ1) is 20.9. The monoisotopic (exact) mass is 361 g/mol. The summed E-state index contributed by atoms with van der Waals surface area (Å²) in [6.45, 7) is 5.31. The van der Waals surface area contributed by atoms with Crippen LogP contribution in [-0.4, -0.2) is 42.4 Å². The summed E-state index contributed by atoms with van der Waals surface area (Å²) in [5.41, 5.74) is 0. The van der Waals surface area contributed by atoms with Crippen LogP contribution < -0.4 is 5.32 Å². The fraction of sp³-hybridized carbons (Fsp3) is 0.882. The van der Waals surface area contributed by atoms with Gasteiger partial charge in [-0.05, 0) is 25.2 Å². The lowest BCUT2D eigenvalue weighted by Gasteiger charge is -2.28. The van der Waals surface area contributed by atoms with Gasteiger partial charge in [0.2, 0.25) is 5.91 Å². The van der Waals surface area contributed by atoms with Gasteiger partial charge in [0.15, 0.2) is 9.84 Å². The maximum absolute atomic E-state index is 12.9. The molecule has 0 saturated heterocycles. The number of sulfone groups is 1. The average Bonchev–Trinajstić information content (AvgIpc) is 2.51. The summed E-state index contributed by atoms with van der Waals surface area (Å²) in [6, 6.07) is 0. The van der Waals surface area contributed by atoms with Crippen molar-refractivity contribution in [2.75, 3.05) is 6.54 Å². The lowest BCUT2D eigenvalue weighted by molar-refractivity contribution is -0.141. The zero-order valence-electron chi connectivity index (χ0n) is 15.0. The standard InChI is InChI=1S/C17H31NO5S/c1-4-8-13(17(20)21)11-18-16(19)15(12(2)3)24(22,23)14-9-6-5-7-10-14/h12-15H,4-11H2,1-3H3,(H,18,19)(H,20,21). The first-order valence-corrected chi connectivity index (χ1v) is 10.6. The van der Waals surface area contributed by atoms with Crippen LogP contribution in [0.15, 0.2) is 0 Å². The Morgan fingerprint density at radius 1 is 1.17 bits per heavy atom. The van der Waals surface area contributed by atoms with Crippen molar-refractivity contribution in [1.29, 1.82) is 0 Å². The van der Waals surface area contributed by atoms with Crippen molar-refractivity contribution in [3.63, 3.8) is 0 Å². The van der Waals surface area contributed by atoms with Gasteiger partial charge in [-0.15, -0.1) is 0 Å². The van der Waals surface area contributed by atoms with Gasteiger partial charge in [-0.3, -0.25) is 9.59 Å². The van der Waals surface area contributed by atoms with Gasteiger partial charge < -0.3 is 10.4 Å². The van der Waals surface area contributed by atoms with E-state index in [1.807, 2.05) is 6.92 Å². The largest absolute Gasteiger partial charge is 0.481 e. The molecule has 0 radical (unpaired) electrons. The molecule has 24 heavy (non-hydrogen) atoms. The van der Waals surface area contributed by atoms with Crippen LogP contribution >= 0.6 is 0 Å². The van der Waals surface area contributed by atoms with E-state index in [4.69, 9.17) is 5.11 Å². The Bertz CT molecular complexity index is 523. The number of carboxylic acid groups (broad SMARTS) is 1. The van der Waals surface area contributed by atoms with E-state index in [0.29, 0.717) is 25.7 Å². The van der Waals surface area contributed by atoms with E-state index in [0.717, 1.165) is 19.3 Å². The molecule has 2 unspecified atom stereocenters. The molecule has 2 atom stereocenters. The molecule has 0 aliphatic heterocycles. The molecule has 6 nitrogen and oxygen atoms in total. The predicted molar refractivity (Wildman–Crippen MR) is 93.5 cm³/mol. The third-order valence-corrected chi connectivity index (χ3v) is 7.61. The fourth-order valence-electron chi connectivity index (χ4n) is 3.42. The summed E-state index contributed by atoms with van der Waals surface area (Å²) in [6.07, 6.45) is 5.20. The van der Waals surface area contributed by atoms with Crippen LogP contribution in [0.3, 0.4) is 0 Å². The van der Waals surface area contributed by atoms with E-state index in [1.165, 1.54) is 0 Å².